The van der Waals surface area contributed by atoms with Crippen molar-refractivity contribution in [3.05, 3.63) is 34.9 Å². The van der Waals surface area contributed by atoms with Crippen molar-refractivity contribution in [1.29, 1.82) is 0 Å². The highest BCUT2D eigenvalue weighted by Gasteiger charge is 2.37. The monoisotopic (exact) mass is 535 g/mol. The van der Waals surface area contributed by atoms with Gasteiger partial charge in [0.25, 0.3) is 0 Å². The fourth-order valence-electron chi connectivity index (χ4n) is 5.23. The van der Waals surface area contributed by atoms with Crippen LogP contribution in [0.25, 0.3) is 0 Å². The fraction of sp³-hybridized carbons (Fsp3) is 0.600. The normalized spacial score (nSPS) is 20.5. The summed E-state index contributed by atoms with van der Waals surface area (Å²) in [5, 5.41) is 0. The van der Waals surface area contributed by atoms with E-state index < -0.39 is 17.6 Å². The number of ether oxygens (including phenoxy) is 2. The van der Waals surface area contributed by atoms with Gasteiger partial charge in [-0.2, -0.15) is 13.2 Å². The van der Waals surface area contributed by atoms with Crippen molar-refractivity contribution in [3.63, 3.8) is 0 Å². The number of nitrogens with zero attached hydrogens (tertiary/aromatic N) is 7. The average Bonchev–Trinajstić information content (AvgIpc) is 3.36. The van der Waals surface area contributed by atoms with Gasteiger partial charge in [0.1, 0.15) is 18.0 Å². The SMILES string of the molecule is COc1nc(C)c(N2CCc3ncnc(O[C@H]4CCN(C(=O)N5CCN(C)CC5)C4)c3C2)cc1C(F)(F)F. The second-order valence-electron chi connectivity index (χ2n) is 9.97. The van der Waals surface area contributed by atoms with Crippen LogP contribution in [0.4, 0.5) is 23.7 Å². The number of hydrogen-bond donors (Lipinski definition) is 0. The molecule has 2 aromatic heterocycles. The lowest BCUT2D eigenvalue weighted by atomic mass is 10.0. The Bertz CT molecular complexity index is 1190. The predicted molar refractivity (Wildman–Crippen MR) is 132 cm³/mol. The van der Waals surface area contributed by atoms with E-state index in [2.05, 4.69) is 19.9 Å². The van der Waals surface area contributed by atoms with Gasteiger partial charge in [0, 0.05) is 52.1 Å². The number of urea groups is 1. The van der Waals surface area contributed by atoms with Gasteiger partial charge >= 0.3 is 12.2 Å². The van der Waals surface area contributed by atoms with Crippen molar-refractivity contribution in [2.45, 2.75) is 38.6 Å². The van der Waals surface area contributed by atoms with E-state index in [0.717, 1.165) is 30.4 Å². The maximum Gasteiger partial charge on any atom is 0.421 e. The number of methoxy groups -OCH3 is 1. The largest absolute Gasteiger partial charge is 0.481 e. The van der Waals surface area contributed by atoms with E-state index >= 15 is 0 Å². The van der Waals surface area contributed by atoms with Crippen LogP contribution in [0.15, 0.2) is 12.4 Å². The Kier molecular flexibility index (Phi) is 7.21. The minimum Gasteiger partial charge on any atom is -0.481 e. The molecule has 0 aliphatic carbocycles. The molecule has 0 bridgehead atoms. The number of aromatic nitrogens is 3. The molecular weight excluding hydrogens is 503 g/mol. The summed E-state index contributed by atoms with van der Waals surface area (Å²) in [5.41, 5.74) is 1.45. The summed E-state index contributed by atoms with van der Waals surface area (Å²) >= 11 is 0. The number of carbonyl (C=O) groups excluding carboxylic acids is 1. The third kappa shape index (κ3) is 5.29. The highest BCUT2D eigenvalue weighted by Crippen LogP contribution is 2.39. The van der Waals surface area contributed by atoms with E-state index in [-0.39, 0.29) is 18.7 Å². The lowest BCUT2D eigenvalue weighted by molar-refractivity contribution is -0.139. The Balaban J connectivity index is 1.31. The van der Waals surface area contributed by atoms with Gasteiger partial charge < -0.3 is 29.1 Å². The molecule has 13 heteroatoms. The van der Waals surface area contributed by atoms with Crippen LogP contribution in [0.5, 0.6) is 11.8 Å². The summed E-state index contributed by atoms with van der Waals surface area (Å²) in [6, 6.07) is 1.12. The topological polar surface area (TPSA) is 87.2 Å². The first kappa shape index (κ1) is 26.3. The minimum atomic E-state index is -4.60. The quantitative estimate of drug-likeness (QED) is 0.591. The highest BCUT2D eigenvalue weighted by atomic mass is 19.4. The molecule has 3 aliphatic rings. The van der Waals surface area contributed by atoms with Crippen LogP contribution in [0.2, 0.25) is 0 Å². The lowest BCUT2D eigenvalue weighted by Gasteiger charge is -2.35. The summed E-state index contributed by atoms with van der Waals surface area (Å²) < 4.78 is 52.1. The Morgan fingerprint density at radius 2 is 1.82 bits per heavy atom. The second-order valence-corrected chi connectivity index (χ2v) is 9.97. The van der Waals surface area contributed by atoms with Gasteiger partial charge in [-0.05, 0) is 20.0 Å². The number of amides is 2. The van der Waals surface area contributed by atoms with Crippen molar-refractivity contribution in [3.8, 4) is 11.8 Å². The Labute approximate surface area is 219 Å². The number of halogens is 3. The molecule has 2 aromatic rings. The maximum absolute atomic E-state index is 13.7. The number of alkyl halides is 3. The molecule has 0 unspecified atom stereocenters. The van der Waals surface area contributed by atoms with Gasteiger partial charge in [-0.25, -0.2) is 19.7 Å². The first-order valence-corrected chi connectivity index (χ1v) is 12.7. The summed E-state index contributed by atoms with van der Waals surface area (Å²) in [6.07, 6.45) is -2.16. The number of likely N-dealkylation sites (tertiary alicyclic amines) is 1. The number of fused-ring (bicyclic) bond motifs is 1. The molecule has 0 radical (unpaired) electrons. The van der Waals surface area contributed by atoms with E-state index in [1.54, 1.807) is 6.92 Å². The number of pyridine rings is 1. The average molecular weight is 536 g/mol. The van der Waals surface area contributed by atoms with Gasteiger partial charge in [0.15, 0.2) is 0 Å². The Hall–Kier alpha value is -3.35. The van der Waals surface area contributed by atoms with Crippen LogP contribution in [0.1, 0.15) is 28.9 Å². The molecule has 0 saturated carbocycles. The van der Waals surface area contributed by atoms with Gasteiger partial charge in [0.2, 0.25) is 11.8 Å². The van der Waals surface area contributed by atoms with Crippen molar-refractivity contribution < 1.29 is 27.4 Å². The van der Waals surface area contributed by atoms with Crippen LogP contribution in [-0.2, 0) is 19.1 Å². The third-order valence-electron chi connectivity index (χ3n) is 7.42. The van der Waals surface area contributed by atoms with Crippen LogP contribution >= 0.6 is 0 Å². The zero-order chi connectivity index (χ0) is 27.0. The smallest absolute Gasteiger partial charge is 0.421 e. The number of likely N-dealkylation sites (N-methyl/N-ethyl adjacent to an activating group) is 1. The second kappa shape index (κ2) is 10.4. The third-order valence-corrected chi connectivity index (χ3v) is 7.42. The molecule has 0 aromatic carbocycles. The summed E-state index contributed by atoms with van der Waals surface area (Å²) in [4.78, 5) is 33.5. The first-order valence-electron chi connectivity index (χ1n) is 12.7. The standard InChI is InChI=1S/C25H32F3N7O3/c1-16-21(12-19(25(26,27)28)23(31-16)37-3)34-7-5-20-18(14-34)22(30-15-29-20)38-17-4-6-35(13-17)24(36)33-10-8-32(2)9-11-33/h12,15,17H,4-11,13-14H2,1-3H3/t17-/m0/s1. The maximum atomic E-state index is 13.7. The Morgan fingerprint density at radius 1 is 1.05 bits per heavy atom. The summed E-state index contributed by atoms with van der Waals surface area (Å²) in [7, 11) is 3.23. The molecular formula is C25H32F3N7O3. The Morgan fingerprint density at radius 3 is 2.53 bits per heavy atom. The minimum absolute atomic E-state index is 0.0306. The molecule has 5 heterocycles. The number of carbonyl (C=O) groups is 1. The van der Waals surface area contributed by atoms with Crippen molar-refractivity contribution in [2.75, 3.05) is 64.9 Å². The van der Waals surface area contributed by atoms with Gasteiger partial charge in [-0.3, -0.25) is 0 Å². The number of piperazine rings is 1. The number of hydrogen-bond acceptors (Lipinski definition) is 8. The van der Waals surface area contributed by atoms with Gasteiger partial charge in [-0.1, -0.05) is 0 Å². The van der Waals surface area contributed by atoms with Crippen LogP contribution in [0.3, 0.4) is 0 Å². The molecule has 1 atom stereocenters. The molecule has 0 spiro atoms. The summed E-state index contributed by atoms with van der Waals surface area (Å²) in [5.74, 6) is -0.0332. The van der Waals surface area contributed by atoms with Gasteiger partial charge in [0.05, 0.1) is 42.8 Å². The molecule has 10 nitrogen and oxygen atoms in total. The van der Waals surface area contributed by atoms with Crippen molar-refractivity contribution in [2.24, 2.45) is 0 Å². The van der Waals surface area contributed by atoms with Crippen molar-refractivity contribution in [1.82, 2.24) is 29.7 Å². The zero-order valence-corrected chi connectivity index (χ0v) is 21.8. The summed E-state index contributed by atoms with van der Waals surface area (Å²) in [6.45, 7) is 6.63. The first-order chi connectivity index (χ1) is 18.1. The van der Waals surface area contributed by atoms with Gasteiger partial charge in [-0.15, -0.1) is 0 Å². The fourth-order valence-corrected chi connectivity index (χ4v) is 5.23. The van der Waals surface area contributed by atoms with E-state index in [9.17, 15) is 18.0 Å². The van der Waals surface area contributed by atoms with Crippen LogP contribution in [0, 0.1) is 6.92 Å². The predicted octanol–water partition coefficient (Wildman–Crippen LogP) is 2.59. The molecule has 206 valence electrons. The number of rotatable bonds is 4. The molecule has 0 N–H and O–H groups in total. The molecule has 3 aliphatic heterocycles. The zero-order valence-electron chi connectivity index (χ0n) is 21.8. The van der Waals surface area contributed by atoms with E-state index in [0.29, 0.717) is 62.8 Å². The highest BCUT2D eigenvalue weighted by molar-refractivity contribution is 5.75. The van der Waals surface area contributed by atoms with Crippen LogP contribution < -0.4 is 14.4 Å². The number of aryl methyl sites for hydroxylation is 1. The number of anilines is 1. The van der Waals surface area contributed by atoms with E-state index in [4.69, 9.17) is 9.47 Å². The molecule has 2 fully saturated rings. The molecule has 2 saturated heterocycles. The lowest BCUT2D eigenvalue weighted by Crippen LogP contribution is -2.51. The molecule has 2 amide bonds. The molecule has 5 rings (SSSR count). The molecule has 38 heavy (non-hydrogen) atoms. The van der Waals surface area contributed by atoms with E-state index in [1.807, 2.05) is 21.7 Å². The van der Waals surface area contributed by atoms with E-state index in [1.165, 1.54) is 13.4 Å². The van der Waals surface area contributed by atoms with Crippen LogP contribution in [-0.4, -0.2) is 102 Å². The van der Waals surface area contributed by atoms with Crippen molar-refractivity contribution >= 4 is 11.7 Å².